The molecule has 0 aliphatic carbocycles. The minimum Gasteiger partial charge on any atom is -0.258 e. The molecule has 0 aromatic carbocycles. The number of nitrogens with zero attached hydrogens (tertiary/aromatic N) is 2. The van der Waals surface area contributed by atoms with Crippen molar-refractivity contribution in [3.05, 3.63) is 23.9 Å². The monoisotopic (exact) mass is 153 g/mol. The molecule has 3 nitrogen and oxygen atoms in total. The molecule has 0 saturated carbocycles. The molecule has 0 atom stereocenters. The Morgan fingerprint density at radius 1 is 1.70 bits per heavy atom. The van der Waals surface area contributed by atoms with Crippen molar-refractivity contribution >= 4 is 16.5 Å². The summed E-state index contributed by atoms with van der Waals surface area (Å²) in [6, 6.07) is 0. The number of rotatable bonds is 1. The third kappa shape index (κ3) is 0.913. The van der Waals surface area contributed by atoms with Crippen molar-refractivity contribution in [2.75, 3.05) is 11.6 Å². The van der Waals surface area contributed by atoms with Gasteiger partial charge in [-0.15, -0.1) is 11.3 Å². The summed E-state index contributed by atoms with van der Waals surface area (Å²) in [5.41, 5.74) is 3.13. The Kier molecular flexibility index (Phi) is 1.41. The second-order valence-electron chi connectivity index (χ2n) is 1.93. The van der Waals surface area contributed by atoms with Crippen molar-refractivity contribution in [2.45, 2.75) is 0 Å². The van der Waals surface area contributed by atoms with Gasteiger partial charge in [0.2, 0.25) is 5.13 Å². The second-order valence-corrected chi connectivity index (χ2v) is 2.80. The van der Waals surface area contributed by atoms with Gasteiger partial charge in [-0.25, -0.2) is 10.4 Å². The van der Waals surface area contributed by atoms with E-state index < -0.39 is 0 Å². The molecule has 2 rings (SSSR count). The van der Waals surface area contributed by atoms with Crippen LogP contribution in [0.5, 0.6) is 0 Å². The first-order valence-corrected chi connectivity index (χ1v) is 3.94. The standard InChI is InChI=1S/C6H7N3S/c1-2-8-9(4-1)6-7-3-5-10-6/h1,3-5,8H,2H2. The smallest absolute Gasteiger partial charge is 0.204 e. The molecule has 0 radical (unpaired) electrons. The summed E-state index contributed by atoms with van der Waals surface area (Å²) in [5.74, 6) is 0. The normalized spacial score (nSPS) is 16.6. The summed E-state index contributed by atoms with van der Waals surface area (Å²) in [7, 11) is 0. The lowest BCUT2D eigenvalue weighted by Crippen LogP contribution is -2.27. The van der Waals surface area contributed by atoms with Crippen LogP contribution in [0.25, 0.3) is 0 Å². The molecule has 1 aliphatic rings. The fourth-order valence-corrected chi connectivity index (χ4v) is 1.43. The van der Waals surface area contributed by atoms with Crippen LogP contribution in [0, 0.1) is 0 Å². The van der Waals surface area contributed by atoms with Gasteiger partial charge >= 0.3 is 0 Å². The molecule has 10 heavy (non-hydrogen) atoms. The summed E-state index contributed by atoms with van der Waals surface area (Å²) < 4.78 is 0. The molecule has 1 aromatic heterocycles. The van der Waals surface area contributed by atoms with Crippen LogP contribution in [0.3, 0.4) is 0 Å². The van der Waals surface area contributed by atoms with Gasteiger partial charge in [-0.1, -0.05) is 6.08 Å². The maximum atomic E-state index is 4.13. The summed E-state index contributed by atoms with van der Waals surface area (Å²) in [6.07, 6.45) is 5.84. The van der Waals surface area contributed by atoms with E-state index in [9.17, 15) is 0 Å². The maximum Gasteiger partial charge on any atom is 0.204 e. The quantitative estimate of drug-likeness (QED) is 0.652. The van der Waals surface area contributed by atoms with Crippen LogP contribution in [-0.2, 0) is 0 Å². The van der Waals surface area contributed by atoms with Crippen molar-refractivity contribution in [1.29, 1.82) is 0 Å². The highest BCUT2D eigenvalue weighted by Crippen LogP contribution is 2.16. The van der Waals surface area contributed by atoms with Crippen molar-refractivity contribution in [2.24, 2.45) is 0 Å². The van der Waals surface area contributed by atoms with Crippen molar-refractivity contribution in [3.8, 4) is 0 Å². The van der Waals surface area contributed by atoms with E-state index in [0.29, 0.717) is 0 Å². The van der Waals surface area contributed by atoms with Crippen LogP contribution in [0.15, 0.2) is 23.9 Å². The predicted octanol–water partition coefficient (Wildman–Crippen LogP) is 0.981. The maximum absolute atomic E-state index is 4.13. The van der Waals surface area contributed by atoms with Crippen LogP contribution >= 0.6 is 11.3 Å². The van der Waals surface area contributed by atoms with E-state index in [-0.39, 0.29) is 0 Å². The molecule has 4 heteroatoms. The van der Waals surface area contributed by atoms with Gasteiger partial charge in [0.25, 0.3) is 0 Å². The number of hydrogen-bond acceptors (Lipinski definition) is 4. The predicted molar refractivity (Wildman–Crippen MR) is 41.7 cm³/mol. The van der Waals surface area contributed by atoms with E-state index >= 15 is 0 Å². The molecule has 0 amide bonds. The van der Waals surface area contributed by atoms with E-state index in [1.54, 1.807) is 17.5 Å². The summed E-state index contributed by atoms with van der Waals surface area (Å²) in [6.45, 7) is 0.902. The van der Waals surface area contributed by atoms with Crippen LogP contribution in [0.4, 0.5) is 5.13 Å². The van der Waals surface area contributed by atoms with Crippen molar-refractivity contribution in [3.63, 3.8) is 0 Å². The van der Waals surface area contributed by atoms with Gasteiger partial charge in [0.15, 0.2) is 0 Å². The first kappa shape index (κ1) is 5.88. The molecular formula is C6H7N3S. The molecule has 52 valence electrons. The van der Waals surface area contributed by atoms with Gasteiger partial charge in [0.05, 0.1) is 0 Å². The highest BCUT2D eigenvalue weighted by atomic mass is 32.1. The van der Waals surface area contributed by atoms with E-state index in [4.69, 9.17) is 0 Å². The van der Waals surface area contributed by atoms with Crippen molar-refractivity contribution in [1.82, 2.24) is 10.4 Å². The molecule has 0 fully saturated rings. The average molecular weight is 153 g/mol. The summed E-state index contributed by atoms with van der Waals surface area (Å²) in [5, 5.41) is 4.88. The Balaban J connectivity index is 2.20. The fourth-order valence-electron chi connectivity index (χ4n) is 0.828. The molecule has 2 heterocycles. The Morgan fingerprint density at radius 3 is 3.30 bits per heavy atom. The van der Waals surface area contributed by atoms with Crippen LogP contribution < -0.4 is 10.4 Å². The number of thiazole rings is 1. The number of aromatic nitrogens is 1. The Labute approximate surface area is 63.0 Å². The lowest BCUT2D eigenvalue weighted by Gasteiger charge is -2.10. The lowest BCUT2D eigenvalue weighted by molar-refractivity contribution is 0.810. The first-order valence-electron chi connectivity index (χ1n) is 3.06. The molecule has 1 aliphatic heterocycles. The van der Waals surface area contributed by atoms with Gasteiger partial charge in [-0.3, -0.25) is 5.01 Å². The van der Waals surface area contributed by atoms with Crippen LogP contribution in [0.1, 0.15) is 0 Å². The highest BCUT2D eigenvalue weighted by Gasteiger charge is 2.06. The van der Waals surface area contributed by atoms with Gasteiger partial charge in [-0.05, 0) is 0 Å². The number of nitrogens with one attached hydrogen (secondary N) is 1. The number of anilines is 1. The molecule has 1 N–H and O–H groups in total. The first-order chi connectivity index (χ1) is 4.97. The minimum atomic E-state index is 0.902. The highest BCUT2D eigenvalue weighted by molar-refractivity contribution is 7.13. The zero-order chi connectivity index (χ0) is 6.81. The van der Waals surface area contributed by atoms with E-state index in [1.807, 2.05) is 16.6 Å². The van der Waals surface area contributed by atoms with Crippen molar-refractivity contribution < 1.29 is 0 Å². The van der Waals surface area contributed by atoms with Crippen LogP contribution in [0.2, 0.25) is 0 Å². The molecular weight excluding hydrogens is 146 g/mol. The molecule has 0 bridgehead atoms. The van der Waals surface area contributed by atoms with Gasteiger partial charge in [0, 0.05) is 24.3 Å². The zero-order valence-electron chi connectivity index (χ0n) is 5.32. The van der Waals surface area contributed by atoms with Gasteiger partial charge in [-0.2, -0.15) is 0 Å². The van der Waals surface area contributed by atoms with Crippen LogP contribution in [-0.4, -0.2) is 11.5 Å². The molecule has 0 saturated heterocycles. The van der Waals surface area contributed by atoms with Gasteiger partial charge in [0.1, 0.15) is 0 Å². The molecule has 1 aromatic rings. The lowest BCUT2D eigenvalue weighted by atomic mass is 10.7. The summed E-state index contributed by atoms with van der Waals surface area (Å²) >= 11 is 1.62. The molecule has 0 spiro atoms. The molecule has 0 unspecified atom stereocenters. The van der Waals surface area contributed by atoms with E-state index in [2.05, 4.69) is 16.5 Å². The number of hydrogen-bond donors (Lipinski definition) is 1. The average Bonchev–Trinajstić information content (AvgIpc) is 2.59. The summed E-state index contributed by atoms with van der Waals surface area (Å²) in [4.78, 5) is 4.13. The third-order valence-electron chi connectivity index (χ3n) is 1.26. The fraction of sp³-hybridized carbons (Fsp3) is 0.167. The Bertz CT molecular complexity index is 229. The topological polar surface area (TPSA) is 28.2 Å². The SMILES string of the molecule is C1=CN(c2nccs2)NC1. The third-order valence-corrected chi connectivity index (χ3v) is 2.03. The van der Waals surface area contributed by atoms with E-state index in [0.717, 1.165) is 11.7 Å². The number of hydrazine groups is 1. The largest absolute Gasteiger partial charge is 0.258 e. The Hall–Kier alpha value is -0.870. The Morgan fingerprint density at radius 2 is 2.70 bits per heavy atom. The minimum absolute atomic E-state index is 0.902. The second kappa shape index (κ2) is 2.40. The van der Waals surface area contributed by atoms with Gasteiger partial charge < -0.3 is 0 Å². The van der Waals surface area contributed by atoms with E-state index in [1.165, 1.54) is 0 Å². The zero-order valence-corrected chi connectivity index (χ0v) is 6.14.